The zero-order valence-corrected chi connectivity index (χ0v) is 11.2. The number of aryl methyl sites for hydroxylation is 2. The molecule has 1 heterocycles. The van der Waals surface area contributed by atoms with Gasteiger partial charge in [0.2, 0.25) is 0 Å². The third-order valence-corrected chi connectivity index (χ3v) is 4.24. The summed E-state index contributed by atoms with van der Waals surface area (Å²) in [4.78, 5) is 15.1. The average molecular weight is 258 g/mol. The summed E-state index contributed by atoms with van der Waals surface area (Å²) < 4.78 is 18.4. The lowest BCUT2D eigenvalue weighted by Crippen LogP contribution is -2.21. The minimum Gasteiger partial charge on any atom is -0.469 e. The number of aromatic nitrogens is 2. The molecule has 0 N–H and O–H groups in total. The average Bonchev–Trinajstić information content (AvgIpc) is 2.71. The van der Waals surface area contributed by atoms with Crippen molar-refractivity contribution >= 4 is 16.8 Å². The molecular weight excluding hydrogens is 240 g/mol. The highest BCUT2D eigenvalue weighted by atomic mass is 32.2. The van der Waals surface area contributed by atoms with Crippen molar-refractivity contribution in [2.75, 3.05) is 12.9 Å². The maximum atomic E-state index is 11.9. The van der Waals surface area contributed by atoms with Gasteiger partial charge in [-0.3, -0.25) is 9.00 Å². The van der Waals surface area contributed by atoms with Gasteiger partial charge < -0.3 is 9.30 Å². The Bertz CT molecular complexity index is 403. The molecule has 0 aliphatic heterocycles. The van der Waals surface area contributed by atoms with Gasteiger partial charge >= 0.3 is 5.97 Å². The van der Waals surface area contributed by atoms with Gasteiger partial charge in [0.1, 0.15) is 5.82 Å². The second-order valence-electron chi connectivity index (χ2n) is 3.84. The summed E-state index contributed by atoms with van der Waals surface area (Å²) in [6, 6.07) is 0. The minimum atomic E-state index is -1.03. The molecule has 17 heavy (non-hydrogen) atoms. The fourth-order valence-electron chi connectivity index (χ4n) is 1.44. The van der Waals surface area contributed by atoms with Crippen molar-refractivity contribution in [3.05, 3.63) is 18.2 Å². The molecule has 0 fully saturated rings. The highest BCUT2D eigenvalue weighted by Gasteiger charge is 2.15. The van der Waals surface area contributed by atoms with Gasteiger partial charge in [0.25, 0.3) is 0 Å². The van der Waals surface area contributed by atoms with Crippen molar-refractivity contribution < 1.29 is 13.7 Å². The zero-order chi connectivity index (χ0) is 12.8. The van der Waals surface area contributed by atoms with Crippen LogP contribution >= 0.6 is 0 Å². The Labute approximate surface area is 104 Å². The fourth-order valence-corrected chi connectivity index (χ4v) is 2.54. The Morgan fingerprint density at radius 2 is 2.35 bits per heavy atom. The van der Waals surface area contributed by atoms with Gasteiger partial charge in [-0.05, 0) is 6.92 Å². The topological polar surface area (TPSA) is 61.2 Å². The van der Waals surface area contributed by atoms with Crippen molar-refractivity contribution in [2.45, 2.75) is 32.1 Å². The van der Waals surface area contributed by atoms with E-state index >= 15 is 0 Å². The molecule has 6 heteroatoms. The van der Waals surface area contributed by atoms with Crippen LogP contribution in [-0.4, -0.2) is 37.8 Å². The van der Waals surface area contributed by atoms with Crippen LogP contribution < -0.4 is 0 Å². The van der Waals surface area contributed by atoms with E-state index < -0.39 is 10.8 Å². The van der Waals surface area contributed by atoms with Crippen LogP contribution in [0.3, 0.4) is 0 Å². The number of esters is 1. The van der Waals surface area contributed by atoms with Gasteiger partial charge in [0.15, 0.2) is 0 Å². The van der Waals surface area contributed by atoms with E-state index in [4.69, 9.17) is 0 Å². The molecule has 1 rings (SSSR count). The summed E-state index contributed by atoms with van der Waals surface area (Å²) in [7, 11) is 0.311. The van der Waals surface area contributed by atoms with E-state index in [-0.39, 0.29) is 17.6 Å². The van der Waals surface area contributed by atoms with Crippen LogP contribution in [-0.2, 0) is 26.9 Å². The molecule has 96 valence electrons. The summed E-state index contributed by atoms with van der Waals surface area (Å²) in [5.74, 6) is 1.11. The number of carbonyl (C=O) groups is 1. The molecule has 0 spiro atoms. The second-order valence-corrected chi connectivity index (χ2v) is 5.82. The number of rotatable bonds is 6. The Balaban J connectivity index is 2.39. The summed E-state index contributed by atoms with van der Waals surface area (Å²) >= 11 is 0. The van der Waals surface area contributed by atoms with Crippen LogP contribution in [0.25, 0.3) is 0 Å². The maximum Gasteiger partial charge on any atom is 0.306 e. The largest absolute Gasteiger partial charge is 0.469 e. The van der Waals surface area contributed by atoms with Crippen LogP contribution in [0.15, 0.2) is 12.4 Å². The minimum absolute atomic E-state index is 0.175. The monoisotopic (exact) mass is 258 g/mol. The third-order valence-electron chi connectivity index (χ3n) is 2.59. The first-order chi connectivity index (χ1) is 8.04. The summed E-state index contributed by atoms with van der Waals surface area (Å²) in [6.07, 6.45) is 3.78. The van der Waals surface area contributed by atoms with Gasteiger partial charge in [-0.25, -0.2) is 4.98 Å². The molecule has 1 aromatic heterocycles. The van der Waals surface area contributed by atoms with Crippen LogP contribution in [0, 0.1) is 6.92 Å². The van der Waals surface area contributed by atoms with Crippen molar-refractivity contribution in [1.82, 2.24) is 9.55 Å². The number of imidazole rings is 1. The molecule has 0 saturated carbocycles. The van der Waals surface area contributed by atoms with E-state index in [2.05, 4.69) is 9.72 Å². The van der Waals surface area contributed by atoms with Gasteiger partial charge in [-0.1, -0.05) is 6.92 Å². The van der Waals surface area contributed by atoms with Crippen molar-refractivity contribution in [3.8, 4) is 0 Å². The number of ether oxygens (including phenoxy) is 1. The quantitative estimate of drug-likeness (QED) is 0.711. The van der Waals surface area contributed by atoms with E-state index in [1.807, 2.05) is 17.7 Å². The second kappa shape index (κ2) is 6.54. The molecule has 0 aromatic carbocycles. The Morgan fingerprint density at radius 1 is 1.65 bits per heavy atom. The first-order valence-electron chi connectivity index (χ1n) is 5.46. The van der Waals surface area contributed by atoms with E-state index in [1.165, 1.54) is 7.11 Å². The highest BCUT2D eigenvalue weighted by Crippen LogP contribution is 2.05. The number of nitrogens with zero attached hydrogens (tertiary/aromatic N) is 2. The number of hydrogen-bond donors (Lipinski definition) is 0. The normalized spacial score (nSPS) is 14.3. The lowest BCUT2D eigenvalue weighted by Gasteiger charge is -2.10. The standard InChI is InChI=1S/C11H18N2O3S/c1-9(8-11(14)16-3)17(15)7-6-13-5-4-12-10(13)2/h4-5,9H,6-8H2,1-3H3. The molecular formula is C11H18N2O3S. The van der Waals surface area contributed by atoms with Crippen molar-refractivity contribution in [3.63, 3.8) is 0 Å². The molecule has 0 amide bonds. The van der Waals surface area contributed by atoms with Gasteiger partial charge in [0.05, 0.1) is 13.5 Å². The molecule has 2 unspecified atom stereocenters. The lowest BCUT2D eigenvalue weighted by molar-refractivity contribution is -0.140. The van der Waals surface area contributed by atoms with E-state index in [1.54, 1.807) is 13.1 Å². The molecule has 0 saturated heterocycles. The number of methoxy groups -OCH3 is 1. The Kier molecular flexibility index (Phi) is 5.34. The number of hydrogen-bond acceptors (Lipinski definition) is 4. The first-order valence-corrected chi connectivity index (χ1v) is 6.84. The highest BCUT2D eigenvalue weighted by molar-refractivity contribution is 7.85. The zero-order valence-electron chi connectivity index (χ0n) is 10.4. The van der Waals surface area contributed by atoms with E-state index in [0.717, 1.165) is 5.82 Å². The molecule has 2 atom stereocenters. The van der Waals surface area contributed by atoms with Crippen LogP contribution in [0.4, 0.5) is 0 Å². The first kappa shape index (κ1) is 13.9. The van der Waals surface area contributed by atoms with Crippen LogP contribution in [0.2, 0.25) is 0 Å². The molecule has 0 bridgehead atoms. The summed E-state index contributed by atoms with van der Waals surface area (Å²) in [5, 5.41) is -0.175. The van der Waals surface area contributed by atoms with Gasteiger partial charge in [-0.15, -0.1) is 0 Å². The molecule has 0 aliphatic carbocycles. The van der Waals surface area contributed by atoms with E-state index in [0.29, 0.717) is 12.3 Å². The molecule has 0 aliphatic rings. The molecule has 5 nitrogen and oxygen atoms in total. The predicted molar refractivity (Wildman–Crippen MR) is 66.1 cm³/mol. The SMILES string of the molecule is COC(=O)CC(C)S(=O)CCn1ccnc1C. The smallest absolute Gasteiger partial charge is 0.306 e. The fraction of sp³-hybridized carbons (Fsp3) is 0.636. The molecule has 0 radical (unpaired) electrons. The predicted octanol–water partition coefficient (Wildman–Crippen LogP) is 0.892. The van der Waals surface area contributed by atoms with Crippen molar-refractivity contribution in [2.24, 2.45) is 0 Å². The van der Waals surface area contributed by atoms with Gasteiger partial charge in [0, 0.05) is 40.7 Å². The molecule has 1 aromatic rings. The Morgan fingerprint density at radius 3 is 2.88 bits per heavy atom. The van der Waals surface area contributed by atoms with E-state index in [9.17, 15) is 9.00 Å². The number of carbonyl (C=O) groups excluding carboxylic acids is 1. The lowest BCUT2D eigenvalue weighted by atomic mass is 10.3. The summed E-state index contributed by atoms with van der Waals surface area (Å²) in [5.41, 5.74) is 0. The van der Waals surface area contributed by atoms with Crippen LogP contribution in [0.5, 0.6) is 0 Å². The van der Waals surface area contributed by atoms with Gasteiger partial charge in [-0.2, -0.15) is 0 Å². The maximum absolute atomic E-state index is 11.9. The third kappa shape index (κ3) is 4.30. The summed E-state index contributed by atoms with van der Waals surface area (Å²) in [6.45, 7) is 4.36. The van der Waals surface area contributed by atoms with Crippen molar-refractivity contribution in [1.29, 1.82) is 0 Å². The Hall–Kier alpha value is -1.17. The van der Waals surface area contributed by atoms with Crippen LogP contribution in [0.1, 0.15) is 19.2 Å².